The van der Waals surface area contributed by atoms with E-state index in [1.54, 1.807) is 19.1 Å². The van der Waals surface area contributed by atoms with Crippen LogP contribution in [0.25, 0.3) is 0 Å². The van der Waals surface area contributed by atoms with Gasteiger partial charge in [-0.2, -0.15) is 4.31 Å². The fraction of sp³-hybridized carbons (Fsp3) is 0.462. The maximum Gasteiger partial charge on any atom is 0.319 e. The molecule has 3 amide bonds. The van der Waals surface area contributed by atoms with Crippen molar-refractivity contribution in [2.24, 2.45) is 5.92 Å². The first kappa shape index (κ1) is 29.3. The Labute approximate surface area is 222 Å². The highest BCUT2D eigenvalue weighted by Crippen LogP contribution is 2.31. The number of fused-ring (bicyclic) bond motifs is 1. The van der Waals surface area contributed by atoms with E-state index in [1.165, 1.54) is 30.1 Å². The SMILES string of the molecule is CC(C)NC(=O)Nc1ccc2c(c1)C(=O)N([C@H](C)CO)C[C@H](C)[C@@H](CN(C)S(=O)(=O)c1ccc(F)cc1)O2. The molecule has 0 aromatic heterocycles. The van der Waals surface area contributed by atoms with Crippen molar-refractivity contribution < 1.29 is 32.2 Å². The third-order valence-corrected chi connectivity index (χ3v) is 8.14. The number of sulfonamides is 1. The van der Waals surface area contributed by atoms with Crippen molar-refractivity contribution in [2.45, 2.75) is 50.8 Å². The van der Waals surface area contributed by atoms with Crippen LogP contribution in [0.2, 0.25) is 0 Å². The molecule has 12 heteroatoms. The van der Waals surface area contributed by atoms with Crippen LogP contribution in [0.3, 0.4) is 0 Å². The summed E-state index contributed by atoms with van der Waals surface area (Å²) in [6, 6.07) is 8.18. The van der Waals surface area contributed by atoms with Crippen molar-refractivity contribution >= 4 is 27.6 Å². The van der Waals surface area contributed by atoms with Gasteiger partial charge in [0.2, 0.25) is 10.0 Å². The van der Waals surface area contributed by atoms with Gasteiger partial charge in [-0.25, -0.2) is 17.6 Å². The number of ether oxygens (including phenoxy) is 1. The number of rotatable bonds is 8. The van der Waals surface area contributed by atoms with Gasteiger partial charge in [-0.05, 0) is 63.2 Å². The second kappa shape index (κ2) is 12.1. The van der Waals surface area contributed by atoms with Gasteiger partial charge >= 0.3 is 6.03 Å². The van der Waals surface area contributed by atoms with Crippen LogP contribution in [-0.2, 0) is 10.0 Å². The Hall–Kier alpha value is -3.22. The fourth-order valence-electron chi connectivity index (χ4n) is 4.09. The van der Waals surface area contributed by atoms with Gasteiger partial charge in [-0.3, -0.25) is 4.79 Å². The van der Waals surface area contributed by atoms with Gasteiger partial charge < -0.3 is 25.4 Å². The number of hydrogen-bond donors (Lipinski definition) is 3. The topological polar surface area (TPSA) is 128 Å². The maximum atomic E-state index is 13.5. The molecule has 0 saturated carbocycles. The van der Waals surface area contributed by atoms with E-state index < -0.39 is 34.0 Å². The standard InChI is InChI=1S/C26H35FN4O6S/c1-16(2)28-26(34)29-20-8-11-23-22(12-20)25(33)31(18(4)15-32)13-17(3)24(37-23)14-30(5)38(35,36)21-9-6-19(27)7-10-21/h6-12,16-18,24,32H,13-15H2,1-5H3,(H2,28,29,34)/t17-,18+,24+/m0/s1. The minimum atomic E-state index is -3.94. The van der Waals surface area contributed by atoms with Gasteiger partial charge in [0.1, 0.15) is 17.7 Å². The number of carbonyl (C=O) groups is 2. The third kappa shape index (κ3) is 6.80. The summed E-state index contributed by atoms with van der Waals surface area (Å²) in [5, 5.41) is 15.2. The van der Waals surface area contributed by atoms with Gasteiger partial charge in [-0.1, -0.05) is 6.92 Å². The molecule has 3 N–H and O–H groups in total. The Morgan fingerprint density at radius 1 is 1.21 bits per heavy atom. The summed E-state index contributed by atoms with van der Waals surface area (Å²) in [6.07, 6.45) is -0.668. The molecule has 0 fully saturated rings. The van der Waals surface area contributed by atoms with E-state index in [2.05, 4.69) is 10.6 Å². The highest BCUT2D eigenvalue weighted by Gasteiger charge is 2.35. The molecule has 0 aliphatic carbocycles. The fourth-order valence-corrected chi connectivity index (χ4v) is 5.27. The zero-order valence-electron chi connectivity index (χ0n) is 22.1. The van der Waals surface area contributed by atoms with E-state index in [-0.39, 0.29) is 53.8 Å². The van der Waals surface area contributed by atoms with E-state index in [0.29, 0.717) is 5.69 Å². The van der Waals surface area contributed by atoms with Crippen LogP contribution in [0, 0.1) is 11.7 Å². The summed E-state index contributed by atoms with van der Waals surface area (Å²) in [4.78, 5) is 27.2. The largest absolute Gasteiger partial charge is 0.488 e. The molecule has 0 spiro atoms. The molecule has 0 bridgehead atoms. The number of likely N-dealkylation sites (N-methyl/N-ethyl adjacent to an activating group) is 1. The first-order chi connectivity index (χ1) is 17.8. The molecule has 1 aliphatic rings. The molecule has 1 heterocycles. The lowest BCUT2D eigenvalue weighted by atomic mass is 9.99. The molecule has 208 valence electrons. The van der Waals surface area contributed by atoms with Gasteiger partial charge in [0, 0.05) is 31.2 Å². The molecule has 2 aromatic carbocycles. The smallest absolute Gasteiger partial charge is 0.319 e. The van der Waals surface area contributed by atoms with Crippen LogP contribution >= 0.6 is 0 Å². The average molecular weight is 551 g/mol. The lowest BCUT2D eigenvalue weighted by Crippen LogP contribution is -2.50. The lowest BCUT2D eigenvalue weighted by Gasteiger charge is -2.38. The zero-order valence-corrected chi connectivity index (χ0v) is 23.0. The number of aliphatic hydroxyl groups excluding tert-OH is 1. The van der Waals surface area contributed by atoms with Crippen LogP contribution in [0.4, 0.5) is 14.9 Å². The first-order valence-corrected chi connectivity index (χ1v) is 13.8. The van der Waals surface area contributed by atoms with E-state index >= 15 is 0 Å². The van der Waals surface area contributed by atoms with E-state index in [9.17, 15) is 27.5 Å². The predicted octanol–water partition coefficient (Wildman–Crippen LogP) is 2.90. The second-order valence-electron chi connectivity index (χ2n) is 9.83. The number of urea groups is 1. The number of halogens is 1. The predicted molar refractivity (Wildman–Crippen MR) is 141 cm³/mol. The van der Waals surface area contributed by atoms with Crippen molar-refractivity contribution in [3.05, 3.63) is 53.8 Å². The Morgan fingerprint density at radius 2 is 1.87 bits per heavy atom. The molecule has 2 aromatic rings. The van der Waals surface area contributed by atoms with Gasteiger partial charge in [-0.15, -0.1) is 0 Å². The van der Waals surface area contributed by atoms with Gasteiger partial charge in [0.15, 0.2) is 0 Å². The minimum absolute atomic E-state index is 0.0490. The summed E-state index contributed by atoms with van der Waals surface area (Å²) in [6.45, 7) is 7.07. The molecule has 0 unspecified atom stereocenters. The molecular formula is C26H35FN4O6S. The third-order valence-electron chi connectivity index (χ3n) is 6.30. The van der Waals surface area contributed by atoms with Crippen molar-refractivity contribution in [2.75, 3.05) is 32.1 Å². The van der Waals surface area contributed by atoms with Crippen LogP contribution < -0.4 is 15.4 Å². The second-order valence-corrected chi connectivity index (χ2v) is 11.9. The van der Waals surface area contributed by atoms with Crippen molar-refractivity contribution in [3.63, 3.8) is 0 Å². The number of hydrogen-bond acceptors (Lipinski definition) is 6. The molecule has 0 radical (unpaired) electrons. The van der Waals surface area contributed by atoms with Crippen LogP contribution in [0.1, 0.15) is 38.1 Å². The van der Waals surface area contributed by atoms with Crippen molar-refractivity contribution in [3.8, 4) is 5.75 Å². The quantitative estimate of drug-likeness (QED) is 0.464. The number of amides is 3. The highest BCUT2D eigenvalue weighted by molar-refractivity contribution is 7.89. The van der Waals surface area contributed by atoms with Gasteiger partial charge in [0.25, 0.3) is 5.91 Å². The summed E-state index contributed by atoms with van der Waals surface area (Å²) in [5.74, 6) is -1.02. The number of aliphatic hydroxyl groups is 1. The van der Waals surface area contributed by atoms with E-state index in [1.807, 2.05) is 20.8 Å². The molecule has 38 heavy (non-hydrogen) atoms. The Balaban J connectivity index is 1.94. The number of anilines is 1. The summed E-state index contributed by atoms with van der Waals surface area (Å²) in [7, 11) is -2.53. The van der Waals surface area contributed by atoms with Crippen LogP contribution in [0.5, 0.6) is 5.75 Å². The summed E-state index contributed by atoms with van der Waals surface area (Å²) < 4.78 is 46.9. The lowest BCUT2D eigenvalue weighted by molar-refractivity contribution is 0.0387. The van der Waals surface area contributed by atoms with Crippen LogP contribution in [0.15, 0.2) is 47.4 Å². The first-order valence-electron chi connectivity index (χ1n) is 12.4. The Kier molecular flexibility index (Phi) is 9.34. The molecule has 3 rings (SSSR count). The zero-order chi connectivity index (χ0) is 28.2. The molecule has 0 saturated heterocycles. The van der Waals surface area contributed by atoms with E-state index in [0.717, 1.165) is 16.4 Å². The number of nitrogens with zero attached hydrogens (tertiary/aromatic N) is 2. The number of nitrogens with one attached hydrogen (secondary N) is 2. The normalized spacial score (nSPS) is 18.9. The summed E-state index contributed by atoms with van der Waals surface area (Å²) in [5.41, 5.74) is 0.547. The number of carbonyl (C=O) groups excluding carboxylic acids is 2. The molecule has 10 nitrogen and oxygen atoms in total. The Morgan fingerprint density at radius 3 is 2.47 bits per heavy atom. The number of benzene rings is 2. The molecule has 3 atom stereocenters. The summed E-state index contributed by atoms with van der Waals surface area (Å²) >= 11 is 0. The minimum Gasteiger partial charge on any atom is -0.488 e. The average Bonchev–Trinajstić information content (AvgIpc) is 2.85. The monoisotopic (exact) mass is 550 g/mol. The Bertz CT molecular complexity index is 1250. The van der Waals surface area contributed by atoms with Crippen molar-refractivity contribution in [1.29, 1.82) is 0 Å². The van der Waals surface area contributed by atoms with Crippen LogP contribution in [-0.4, -0.2) is 79.6 Å². The van der Waals surface area contributed by atoms with Gasteiger partial charge in [0.05, 0.1) is 29.7 Å². The van der Waals surface area contributed by atoms with E-state index in [4.69, 9.17) is 4.74 Å². The van der Waals surface area contributed by atoms with Crippen molar-refractivity contribution in [1.82, 2.24) is 14.5 Å². The molecule has 1 aliphatic heterocycles. The maximum absolute atomic E-state index is 13.5. The highest BCUT2D eigenvalue weighted by atomic mass is 32.2. The molecular weight excluding hydrogens is 515 g/mol.